The number of rotatable bonds is 14. The minimum absolute atomic E-state index is 0.0260. The van der Waals surface area contributed by atoms with Crippen LogP contribution in [0.4, 0.5) is 5.69 Å². The second kappa shape index (κ2) is 14.5. The van der Waals surface area contributed by atoms with Crippen molar-refractivity contribution in [1.29, 1.82) is 0 Å². The van der Waals surface area contributed by atoms with Gasteiger partial charge in [-0.25, -0.2) is 8.42 Å². The predicted octanol–water partition coefficient (Wildman–Crippen LogP) is 4.54. The minimum atomic E-state index is -4.18. The van der Waals surface area contributed by atoms with Gasteiger partial charge in [0.15, 0.2) is 11.5 Å². The average molecular weight is 582 g/mol. The Balaban J connectivity index is 2.04. The first kappa shape index (κ1) is 31.5. The van der Waals surface area contributed by atoms with E-state index in [1.54, 1.807) is 37.3 Å². The molecule has 0 aliphatic heterocycles. The van der Waals surface area contributed by atoms with Crippen LogP contribution in [0.1, 0.15) is 37.8 Å². The van der Waals surface area contributed by atoms with E-state index in [2.05, 4.69) is 5.32 Å². The van der Waals surface area contributed by atoms with Crippen molar-refractivity contribution in [3.63, 3.8) is 0 Å². The zero-order chi connectivity index (χ0) is 30.0. The first-order valence-electron chi connectivity index (χ1n) is 13.5. The molecular formula is C31H39N3O6S. The molecule has 0 fully saturated rings. The molecule has 0 aliphatic carbocycles. The second-order valence-electron chi connectivity index (χ2n) is 9.69. The Labute approximate surface area is 243 Å². The van der Waals surface area contributed by atoms with Crippen LogP contribution < -0.4 is 19.1 Å². The number of carbonyl (C=O) groups is 2. The van der Waals surface area contributed by atoms with Crippen molar-refractivity contribution in [1.82, 2.24) is 10.2 Å². The van der Waals surface area contributed by atoms with Crippen molar-refractivity contribution in [2.24, 2.45) is 0 Å². The third kappa shape index (κ3) is 8.00. The monoisotopic (exact) mass is 581 g/mol. The van der Waals surface area contributed by atoms with Gasteiger partial charge in [0, 0.05) is 19.2 Å². The summed E-state index contributed by atoms with van der Waals surface area (Å²) in [5.74, 6) is -0.107. The Morgan fingerprint density at radius 3 is 2.20 bits per heavy atom. The van der Waals surface area contributed by atoms with Crippen LogP contribution in [-0.2, 0) is 26.2 Å². The summed E-state index contributed by atoms with van der Waals surface area (Å²) in [6.07, 6.45) is 1.73. The maximum absolute atomic E-state index is 14.0. The normalized spacial score (nSPS) is 11.8. The number of anilines is 1. The van der Waals surface area contributed by atoms with E-state index in [1.807, 2.05) is 38.1 Å². The molecule has 0 spiro atoms. The highest BCUT2D eigenvalue weighted by Gasteiger charge is 2.33. The van der Waals surface area contributed by atoms with E-state index >= 15 is 0 Å². The molecule has 0 aromatic heterocycles. The Hall–Kier alpha value is -4.05. The topological polar surface area (TPSA) is 105 Å². The number of hydrogen-bond acceptors (Lipinski definition) is 6. The second-order valence-corrected chi connectivity index (χ2v) is 11.6. The number of aryl methyl sites for hydroxylation is 1. The van der Waals surface area contributed by atoms with Gasteiger partial charge in [0.1, 0.15) is 12.6 Å². The highest BCUT2D eigenvalue weighted by molar-refractivity contribution is 7.92. The summed E-state index contributed by atoms with van der Waals surface area (Å²) in [4.78, 5) is 28.5. The number of hydrogen-bond donors (Lipinski definition) is 1. The lowest BCUT2D eigenvalue weighted by Crippen LogP contribution is -2.51. The molecule has 9 nitrogen and oxygen atoms in total. The SMILES string of the molecule is CCCCNC(=O)C(C)N(Cc1ccc(C)cc1)C(=O)CN(c1ccc(OC)c(OC)c1)S(=O)(=O)c1ccccc1. The standard InChI is InChI=1S/C31H39N3O6S/c1-6-7-19-32-31(36)24(3)33(21-25-15-13-23(2)14-16-25)30(35)22-34(41(37,38)27-11-9-8-10-12-27)26-17-18-28(39-4)29(20-26)40-5/h8-18,20,24H,6-7,19,21-22H2,1-5H3,(H,32,36). The third-order valence-electron chi connectivity index (χ3n) is 6.74. The van der Waals surface area contributed by atoms with Gasteiger partial charge in [-0.05, 0) is 50.1 Å². The number of amides is 2. The molecule has 0 heterocycles. The highest BCUT2D eigenvalue weighted by atomic mass is 32.2. The smallest absolute Gasteiger partial charge is 0.264 e. The molecule has 10 heteroatoms. The average Bonchev–Trinajstić information content (AvgIpc) is 2.99. The number of carbonyl (C=O) groups excluding carboxylic acids is 2. The molecule has 0 radical (unpaired) electrons. The van der Waals surface area contributed by atoms with Crippen molar-refractivity contribution >= 4 is 27.5 Å². The molecule has 1 unspecified atom stereocenters. The van der Waals surface area contributed by atoms with E-state index in [4.69, 9.17) is 9.47 Å². The van der Waals surface area contributed by atoms with Gasteiger partial charge in [0.25, 0.3) is 10.0 Å². The fourth-order valence-corrected chi connectivity index (χ4v) is 5.66. The Kier molecular flexibility index (Phi) is 11.2. The maximum atomic E-state index is 14.0. The minimum Gasteiger partial charge on any atom is -0.493 e. The summed E-state index contributed by atoms with van der Waals surface area (Å²) >= 11 is 0. The van der Waals surface area contributed by atoms with Gasteiger partial charge < -0.3 is 19.7 Å². The first-order chi connectivity index (χ1) is 19.6. The molecule has 41 heavy (non-hydrogen) atoms. The lowest BCUT2D eigenvalue weighted by Gasteiger charge is -2.32. The molecular weight excluding hydrogens is 542 g/mol. The Morgan fingerprint density at radius 1 is 0.927 bits per heavy atom. The van der Waals surface area contributed by atoms with E-state index < -0.39 is 28.5 Å². The van der Waals surface area contributed by atoms with Crippen molar-refractivity contribution in [3.05, 3.63) is 83.9 Å². The van der Waals surface area contributed by atoms with Gasteiger partial charge in [-0.1, -0.05) is 61.4 Å². The van der Waals surface area contributed by atoms with Crippen LogP contribution in [0.25, 0.3) is 0 Å². The molecule has 2 amide bonds. The predicted molar refractivity (Wildman–Crippen MR) is 160 cm³/mol. The van der Waals surface area contributed by atoms with Gasteiger partial charge in [-0.3, -0.25) is 13.9 Å². The number of sulfonamides is 1. The van der Waals surface area contributed by atoms with E-state index in [-0.39, 0.29) is 23.0 Å². The summed E-state index contributed by atoms with van der Waals surface area (Å²) < 4.78 is 39.6. The van der Waals surface area contributed by atoms with Crippen LogP contribution in [0.3, 0.4) is 0 Å². The highest BCUT2D eigenvalue weighted by Crippen LogP contribution is 2.34. The van der Waals surface area contributed by atoms with Gasteiger partial charge in [0.2, 0.25) is 11.8 Å². The molecule has 1 atom stereocenters. The quantitative estimate of drug-likeness (QED) is 0.280. The van der Waals surface area contributed by atoms with Crippen LogP contribution in [0.5, 0.6) is 11.5 Å². The molecule has 220 valence electrons. The van der Waals surface area contributed by atoms with E-state index in [1.165, 1.54) is 37.3 Å². The van der Waals surface area contributed by atoms with Crippen LogP contribution >= 0.6 is 0 Å². The fraction of sp³-hybridized carbons (Fsp3) is 0.355. The number of unbranched alkanes of at least 4 members (excludes halogenated alkanes) is 1. The lowest BCUT2D eigenvalue weighted by molar-refractivity contribution is -0.139. The number of nitrogens with one attached hydrogen (secondary N) is 1. The molecule has 0 saturated heterocycles. The van der Waals surface area contributed by atoms with Crippen molar-refractivity contribution < 1.29 is 27.5 Å². The maximum Gasteiger partial charge on any atom is 0.264 e. The van der Waals surface area contributed by atoms with E-state index in [9.17, 15) is 18.0 Å². The first-order valence-corrected chi connectivity index (χ1v) is 15.0. The number of benzene rings is 3. The summed E-state index contributed by atoms with van der Waals surface area (Å²) in [7, 11) is -1.25. The molecule has 1 N–H and O–H groups in total. The summed E-state index contributed by atoms with van der Waals surface area (Å²) in [5.41, 5.74) is 2.10. The summed E-state index contributed by atoms with van der Waals surface area (Å²) in [6, 6.07) is 19.4. The third-order valence-corrected chi connectivity index (χ3v) is 8.52. The zero-order valence-corrected chi connectivity index (χ0v) is 25.1. The van der Waals surface area contributed by atoms with Crippen LogP contribution in [-0.4, -0.2) is 58.5 Å². The van der Waals surface area contributed by atoms with Gasteiger partial charge >= 0.3 is 0 Å². The van der Waals surface area contributed by atoms with Crippen LogP contribution in [0.15, 0.2) is 77.7 Å². The van der Waals surface area contributed by atoms with Gasteiger partial charge in [-0.15, -0.1) is 0 Å². The zero-order valence-electron chi connectivity index (χ0n) is 24.3. The van der Waals surface area contributed by atoms with Crippen LogP contribution in [0, 0.1) is 6.92 Å². The summed E-state index contributed by atoms with van der Waals surface area (Å²) in [6.45, 7) is 5.73. The Morgan fingerprint density at radius 2 is 1.59 bits per heavy atom. The van der Waals surface area contributed by atoms with Crippen LogP contribution in [0.2, 0.25) is 0 Å². The van der Waals surface area contributed by atoms with Crippen molar-refractivity contribution in [2.75, 3.05) is 31.6 Å². The van der Waals surface area contributed by atoms with E-state index in [0.717, 1.165) is 28.3 Å². The molecule has 3 aromatic rings. The van der Waals surface area contributed by atoms with E-state index in [0.29, 0.717) is 18.0 Å². The Bertz CT molecular complexity index is 1410. The number of nitrogens with zero attached hydrogens (tertiary/aromatic N) is 2. The number of methoxy groups -OCH3 is 2. The molecule has 0 saturated carbocycles. The fourth-order valence-electron chi connectivity index (χ4n) is 4.24. The molecule has 3 aromatic carbocycles. The van der Waals surface area contributed by atoms with Gasteiger partial charge in [-0.2, -0.15) is 0 Å². The lowest BCUT2D eigenvalue weighted by atomic mass is 10.1. The largest absolute Gasteiger partial charge is 0.493 e. The molecule has 0 aliphatic rings. The van der Waals surface area contributed by atoms with Gasteiger partial charge in [0.05, 0.1) is 24.8 Å². The number of ether oxygens (including phenoxy) is 2. The van der Waals surface area contributed by atoms with Crippen molar-refractivity contribution in [3.8, 4) is 11.5 Å². The molecule has 0 bridgehead atoms. The van der Waals surface area contributed by atoms with Crippen molar-refractivity contribution in [2.45, 2.75) is 51.1 Å². The summed E-state index contributed by atoms with van der Waals surface area (Å²) in [5, 5.41) is 2.89. The molecule has 3 rings (SSSR count).